The minimum Gasteiger partial charge on any atom is -0.496 e. The topological polar surface area (TPSA) is 41.6 Å². The zero-order chi connectivity index (χ0) is 19.1. The molecule has 1 saturated heterocycles. The van der Waals surface area contributed by atoms with E-state index >= 15 is 0 Å². The molecule has 0 saturated carbocycles. The molecule has 3 rings (SSSR count). The maximum atomic E-state index is 12.6. The van der Waals surface area contributed by atoms with Gasteiger partial charge in [-0.2, -0.15) is 0 Å². The third-order valence-electron chi connectivity index (χ3n) is 5.27. The molecular weight excluding hydrogens is 336 g/mol. The van der Waals surface area contributed by atoms with E-state index in [4.69, 9.17) is 4.74 Å². The average molecular weight is 367 g/mol. The first-order chi connectivity index (χ1) is 13.2. The summed E-state index contributed by atoms with van der Waals surface area (Å²) in [5.74, 6) is 0.729. The summed E-state index contributed by atoms with van der Waals surface area (Å²) < 4.78 is 5.39. The molecule has 4 heteroatoms. The molecule has 1 amide bonds. The number of carbonyl (C=O) groups excluding carboxylic acids is 1. The average Bonchev–Trinajstić information content (AvgIpc) is 2.97. The molecule has 144 valence electrons. The van der Waals surface area contributed by atoms with Crippen molar-refractivity contribution < 1.29 is 9.53 Å². The lowest BCUT2D eigenvalue weighted by Crippen LogP contribution is -2.27. The van der Waals surface area contributed by atoms with Crippen molar-refractivity contribution in [1.82, 2.24) is 10.2 Å². The molecule has 0 radical (unpaired) electrons. The van der Waals surface area contributed by atoms with E-state index in [1.54, 1.807) is 7.11 Å². The first kappa shape index (κ1) is 19.4. The predicted octanol–water partition coefficient (Wildman–Crippen LogP) is 4.56. The Morgan fingerprint density at radius 1 is 1.04 bits per heavy atom. The van der Waals surface area contributed by atoms with Crippen LogP contribution >= 0.6 is 0 Å². The highest BCUT2D eigenvalue weighted by atomic mass is 16.5. The van der Waals surface area contributed by atoms with Gasteiger partial charge in [0, 0.05) is 17.7 Å². The van der Waals surface area contributed by atoms with Crippen LogP contribution in [0, 0.1) is 0 Å². The number of para-hydroxylation sites is 1. The molecule has 4 nitrogen and oxygen atoms in total. The smallest absolute Gasteiger partial charge is 0.251 e. The molecule has 1 atom stereocenters. The molecule has 0 unspecified atom stereocenters. The van der Waals surface area contributed by atoms with E-state index in [0.717, 1.165) is 17.9 Å². The summed E-state index contributed by atoms with van der Waals surface area (Å²) in [4.78, 5) is 15.1. The third-order valence-corrected chi connectivity index (χ3v) is 5.27. The monoisotopic (exact) mass is 366 g/mol. The van der Waals surface area contributed by atoms with Crippen LogP contribution in [0.3, 0.4) is 0 Å². The first-order valence-electron chi connectivity index (χ1n) is 9.92. The van der Waals surface area contributed by atoms with Crippen LogP contribution in [-0.4, -0.2) is 31.0 Å². The van der Waals surface area contributed by atoms with Crippen molar-refractivity contribution in [2.75, 3.05) is 20.2 Å². The van der Waals surface area contributed by atoms with Crippen LogP contribution in [0.1, 0.15) is 60.1 Å². The van der Waals surface area contributed by atoms with E-state index in [1.807, 2.05) is 43.3 Å². The number of likely N-dealkylation sites (tertiary alicyclic amines) is 1. The lowest BCUT2D eigenvalue weighted by molar-refractivity contribution is 0.0939. The van der Waals surface area contributed by atoms with E-state index in [0.29, 0.717) is 5.56 Å². The number of hydrogen-bond acceptors (Lipinski definition) is 3. The highest BCUT2D eigenvalue weighted by molar-refractivity contribution is 5.94. The van der Waals surface area contributed by atoms with Crippen LogP contribution in [-0.2, 0) is 6.54 Å². The number of hydrogen-bond donors (Lipinski definition) is 1. The highest BCUT2D eigenvalue weighted by Gasteiger charge is 2.15. The normalized spacial score (nSPS) is 16.4. The van der Waals surface area contributed by atoms with Crippen molar-refractivity contribution in [2.24, 2.45) is 0 Å². The molecule has 2 aromatic rings. The number of methoxy groups -OCH3 is 1. The zero-order valence-corrected chi connectivity index (χ0v) is 16.4. The van der Waals surface area contributed by atoms with Crippen LogP contribution in [0.2, 0.25) is 0 Å². The van der Waals surface area contributed by atoms with E-state index in [-0.39, 0.29) is 11.9 Å². The number of benzene rings is 2. The molecule has 1 heterocycles. The van der Waals surface area contributed by atoms with Gasteiger partial charge in [-0.3, -0.25) is 9.69 Å². The second kappa shape index (κ2) is 9.56. The van der Waals surface area contributed by atoms with Crippen molar-refractivity contribution in [1.29, 1.82) is 0 Å². The Hall–Kier alpha value is -2.33. The summed E-state index contributed by atoms with van der Waals surface area (Å²) in [7, 11) is 1.65. The molecule has 0 aromatic heterocycles. The minimum atomic E-state index is -0.120. The third kappa shape index (κ3) is 5.33. The van der Waals surface area contributed by atoms with Gasteiger partial charge in [-0.25, -0.2) is 0 Å². The van der Waals surface area contributed by atoms with Gasteiger partial charge in [0.15, 0.2) is 0 Å². The molecule has 2 aromatic carbocycles. The van der Waals surface area contributed by atoms with E-state index < -0.39 is 0 Å². The van der Waals surface area contributed by atoms with E-state index in [9.17, 15) is 4.79 Å². The van der Waals surface area contributed by atoms with Gasteiger partial charge in [-0.05, 0) is 56.6 Å². The molecule has 0 spiro atoms. The number of nitrogens with zero attached hydrogens (tertiary/aromatic N) is 1. The van der Waals surface area contributed by atoms with Gasteiger partial charge in [-0.1, -0.05) is 43.2 Å². The number of carbonyl (C=O) groups is 1. The predicted molar refractivity (Wildman–Crippen MR) is 109 cm³/mol. The van der Waals surface area contributed by atoms with Crippen molar-refractivity contribution >= 4 is 5.91 Å². The Kier molecular flexibility index (Phi) is 6.88. The molecule has 1 aliphatic heterocycles. The molecule has 0 aliphatic carbocycles. The van der Waals surface area contributed by atoms with Crippen molar-refractivity contribution in [2.45, 2.75) is 45.2 Å². The quantitative estimate of drug-likeness (QED) is 0.815. The van der Waals surface area contributed by atoms with Crippen LogP contribution < -0.4 is 10.1 Å². The Morgan fingerprint density at radius 2 is 1.70 bits per heavy atom. The van der Waals surface area contributed by atoms with Crippen LogP contribution in [0.4, 0.5) is 0 Å². The summed E-state index contributed by atoms with van der Waals surface area (Å²) in [5, 5.41) is 3.07. The van der Waals surface area contributed by atoms with Gasteiger partial charge in [0.25, 0.3) is 5.91 Å². The summed E-state index contributed by atoms with van der Waals surface area (Å²) in [6.07, 6.45) is 5.28. The fourth-order valence-electron chi connectivity index (χ4n) is 3.70. The van der Waals surface area contributed by atoms with Crippen molar-refractivity contribution in [3.63, 3.8) is 0 Å². The summed E-state index contributed by atoms with van der Waals surface area (Å²) in [5.41, 5.74) is 2.94. The SMILES string of the molecule is COc1ccccc1[C@@H](C)NC(=O)c1ccc(CN2CCCCCC2)cc1. The Labute approximate surface area is 162 Å². The summed E-state index contributed by atoms with van der Waals surface area (Å²) in [6.45, 7) is 5.31. The Bertz CT molecular complexity index is 734. The number of ether oxygens (including phenoxy) is 1. The Balaban J connectivity index is 1.60. The van der Waals surface area contributed by atoms with E-state index in [1.165, 1.54) is 44.3 Å². The van der Waals surface area contributed by atoms with Gasteiger partial charge in [0.1, 0.15) is 5.75 Å². The van der Waals surface area contributed by atoms with Gasteiger partial charge in [0.2, 0.25) is 0 Å². The van der Waals surface area contributed by atoms with Crippen LogP contribution in [0.15, 0.2) is 48.5 Å². The fraction of sp³-hybridized carbons (Fsp3) is 0.435. The van der Waals surface area contributed by atoms with Crippen molar-refractivity contribution in [3.05, 3.63) is 65.2 Å². The minimum absolute atomic E-state index is 0.0604. The summed E-state index contributed by atoms with van der Waals surface area (Å²) >= 11 is 0. The number of nitrogens with one attached hydrogen (secondary N) is 1. The highest BCUT2D eigenvalue weighted by Crippen LogP contribution is 2.24. The first-order valence-corrected chi connectivity index (χ1v) is 9.92. The lowest BCUT2D eigenvalue weighted by atomic mass is 10.1. The number of amides is 1. The van der Waals surface area contributed by atoms with Gasteiger partial charge in [0.05, 0.1) is 13.2 Å². The fourth-order valence-corrected chi connectivity index (χ4v) is 3.70. The zero-order valence-electron chi connectivity index (χ0n) is 16.4. The van der Waals surface area contributed by atoms with Gasteiger partial charge < -0.3 is 10.1 Å². The Morgan fingerprint density at radius 3 is 2.37 bits per heavy atom. The standard InChI is InChI=1S/C23H30N2O2/c1-18(21-9-5-6-10-22(21)27-2)24-23(26)20-13-11-19(12-14-20)17-25-15-7-3-4-8-16-25/h5-6,9-14,18H,3-4,7-8,15-17H2,1-2H3,(H,24,26)/t18-/m1/s1. The second-order valence-electron chi connectivity index (χ2n) is 7.32. The summed E-state index contributed by atoms with van der Waals surface area (Å²) in [6, 6.07) is 15.7. The maximum absolute atomic E-state index is 12.6. The lowest BCUT2D eigenvalue weighted by Gasteiger charge is -2.20. The second-order valence-corrected chi connectivity index (χ2v) is 7.32. The largest absolute Gasteiger partial charge is 0.496 e. The molecule has 1 fully saturated rings. The molecule has 0 bridgehead atoms. The van der Waals surface area contributed by atoms with Gasteiger partial charge in [-0.15, -0.1) is 0 Å². The van der Waals surface area contributed by atoms with Crippen molar-refractivity contribution in [3.8, 4) is 5.75 Å². The van der Waals surface area contributed by atoms with Crippen LogP contribution in [0.5, 0.6) is 5.75 Å². The molecule has 1 N–H and O–H groups in total. The van der Waals surface area contributed by atoms with Crippen LogP contribution in [0.25, 0.3) is 0 Å². The maximum Gasteiger partial charge on any atom is 0.251 e. The van der Waals surface area contributed by atoms with E-state index in [2.05, 4.69) is 22.3 Å². The molecular formula is C23H30N2O2. The number of rotatable bonds is 6. The van der Waals surface area contributed by atoms with Gasteiger partial charge >= 0.3 is 0 Å². The molecule has 27 heavy (non-hydrogen) atoms. The molecule has 1 aliphatic rings.